The molecule has 1 aromatic heterocycles. The van der Waals surface area contributed by atoms with Crippen molar-refractivity contribution in [2.45, 2.75) is 58.7 Å². The zero-order valence-electron chi connectivity index (χ0n) is 17.0. The van der Waals surface area contributed by atoms with Crippen molar-refractivity contribution in [3.05, 3.63) is 53.6 Å². The van der Waals surface area contributed by atoms with Gasteiger partial charge in [-0.15, -0.1) is 0 Å². The first-order chi connectivity index (χ1) is 13.4. The molecule has 1 aliphatic rings. The van der Waals surface area contributed by atoms with Gasteiger partial charge < -0.3 is 14.8 Å². The topological polar surface area (TPSA) is 60.5 Å². The number of halogens is 1. The van der Waals surface area contributed by atoms with Crippen molar-refractivity contribution in [3.8, 4) is 5.75 Å². The Kier molecular flexibility index (Phi) is 8.39. The summed E-state index contributed by atoms with van der Waals surface area (Å²) in [4.78, 5) is 16.2. The van der Waals surface area contributed by atoms with Gasteiger partial charge in [0.1, 0.15) is 17.7 Å². The Labute approximate surface area is 166 Å². The SMILES string of the molecule is CCCc1cc(NC(=O)C2CCC(C)O2)ccn1.COc1cccc(F)c1C. The summed E-state index contributed by atoms with van der Waals surface area (Å²) in [6.07, 6.45) is 5.36. The predicted molar refractivity (Wildman–Crippen MR) is 108 cm³/mol. The Morgan fingerprint density at radius 1 is 1.36 bits per heavy atom. The van der Waals surface area contributed by atoms with E-state index in [0.29, 0.717) is 11.3 Å². The second kappa shape index (κ2) is 10.8. The predicted octanol–water partition coefficient (Wildman–Crippen LogP) is 4.68. The fraction of sp³-hybridized carbons (Fsp3) is 0.455. The Hall–Kier alpha value is -2.47. The molecule has 2 heterocycles. The lowest BCUT2D eigenvalue weighted by molar-refractivity contribution is -0.126. The second-order valence-corrected chi connectivity index (χ2v) is 6.85. The number of hydrogen-bond donors (Lipinski definition) is 1. The van der Waals surface area contributed by atoms with Gasteiger partial charge in [-0.2, -0.15) is 0 Å². The number of amides is 1. The van der Waals surface area contributed by atoms with Crippen LogP contribution in [0.4, 0.5) is 10.1 Å². The van der Waals surface area contributed by atoms with Crippen molar-refractivity contribution < 1.29 is 18.7 Å². The van der Waals surface area contributed by atoms with Gasteiger partial charge in [0.2, 0.25) is 0 Å². The highest BCUT2D eigenvalue weighted by molar-refractivity contribution is 5.94. The first-order valence-electron chi connectivity index (χ1n) is 9.65. The van der Waals surface area contributed by atoms with Crippen LogP contribution in [0.5, 0.6) is 5.75 Å². The van der Waals surface area contributed by atoms with Crippen LogP contribution >= 0.6 is 0 Å². The van der Waals surface area contributed by atoms with E-state index < -0.39 is 0 Å². The molecule has 5 nitrogen and oxygen atoms in total. The van der Waals surface area contributed by atoms with E-state index in [-0.39, 0.29) is 23.9 Å². The van der Waals surface area contributed by atoms with Gasteiger partial charge in [0, 0.05) is 23.1 Å². The Morgan fingerprint density at radius 2 is 2.14 bits per heavy atom. The molecule has 1 N–H and O–H groups in total. The summed E-state index contributed by atoms with van der Waals surface area (Å²) in [7, 11) is 1.53. The molecule has 2 unspecified atom stereocenters. The number of pyridine rings is 1. The molecule has 1 aromatic carbocycles. The summed E-state index contributed by atoms with van der Waals surface area (Å²) in [5, 5.41) is 2.90. The van der Waals surface area contributed by atoms with Crippen LogP contribution in [0.3, 0.4) is 0 Å². The molecule has 1 saturated heterocycles. The number of methoxy groups -OCH3 is 1. The fourth-order valence-electron chi connectivity index (χ4n) is 2.98. The summed E-state index contributed by atoms with van der Waals surface area (Å²) < 4.78 is 23.1. The van der Waals surface area contributed by atoms with Crippen LogP contribution in [0.15, 0.2) is 36.5 Å². The van der Waals surface area contributed by atoms with Gasteiger partial charge >= 0.3 is 0 Å². The van der Waals surface area contributed by atoms with Gasteiger partial charge in [0.25, 0.3) is 5.91 Å². The third-order valence-corrected chi connectivity index (χ3v) is 4.55. The highest BCUT2D eigenvalue weighted by Crippen LogP contribution is 2.21. The van der Waals surface area contributed by atoms with E-state index in [1.54, 1.807) is 25.3 Å². The third kappa shape index (κ3) is 6.30. The molecule has 0 spiro atoms. The van der Waals surface area contributed by atoms with E-state index >= 15 is 0 Å². The largest absolute Gasteiger partial charge is 0.496 e. The van der Waals surface area contributed by atoms with Gasteiger partial charge in [-0.1, -0.05) is 19.4 Å². The van der Waals surface area contributed by atoms with E-state index in [9.17, 15) is 9.18 Å². The number of nitrogens with one attached hydrogen (secondary N) is 1. The number of ether oxygens (including phenoxy) is 2. The van der Waals surface area contributed by atoms with Gasteiger partial charge in [-0.25, -0.2) is 4.39 Å². The molecular formula is C22H29FN2O3. The number of benzene rings is 1. The highest BCUT2D eigenvalue weighted by atomic mass is 19.1. The number of carbonyl (C=O) groups excluding carboxylic acids is 1. The Morgan fingerprint density at radius 3 is 2.75 bits per heavy atom. The minimum Gasteiger partial charge on any atom is -0.496 e. The van der Waals surface area contributed by atoms with E-state index in [1.165, 1.54) is 13.2 Å². The Bertz CT molecular complexity index is 782. The lowest BCUT2D eigenvalue weighted by Gasteiger charge is -2.12. The lowest BCUT2D eigenvalue weighted by atomic mass is 10.2. The van der Waals surface area contributed by atoms with Gasteiger partial charge in [-0.3, -0.25) is 9.78 Å². The average molecular weight is 388 g/mol. The van der Waals surface area contributed by atoms with Crippen molar-refractivity contribution in [3.63, 3.8) is 0 Å². The molecular weight excluding hydrogens is 359 g/mol. The number of carbonyl (C=O) groups is 1. The zero-order valence-corrected chi connectivity index (χ0v) is 17.0. The number of anilines is 1. The maximum atomic E-state index is 12.7. The minimum atomic E-state index is -0.303. The molecule has 0 aliphatic carbocycles. The number of hydrogen-bond acceptors (Lipinski definition) is 4. The average Bonchev–Trinajstić information content (AvgIpc) is 3.12. The number of aryl methyl sites for hydroxylation is 1. The van der Waals surface area contributed by atoms with Crippen LogP contribution < -0.4 is 10.1 Å². The van der Waals surface area contributed by atoms with Crippen molar-refractivity contribution in [2.75, 3.05) is 12.4 Å². The molecule has 2 aromatic rings. The third-order valence-electron chi connectivity index (χ3n) is 4.55. The van der Waals surface area contributed by atoms with Crippen molar-refractivity contribution in [1.82, 2.24) is 4.98 Å². The molecule has 28 heavy (non-hydrogen) atoms. The number of aromatic nitrogens is 1. The molecule has 0 radical (unpaired) electrons. The standard InChI is InChI=1S/C14H20N2O2.C8H9FO/c1-3-4-11-9-12(7-8-15-11)16-14(17)13-6-5-10(2)18-13;1-6-7(9)4-3-5-8(6)10-2/h7-10,13H,3-6H2,1-2H3,(H,15,16,17);3-5H,1-2H3. The summed E-state index contributed by atoms with van der Waals surface area (Å²) in [6.45, 7) is 5.80. The van der Waals surface area contributed by atoms with Crippen LogP contribution in [0, 0.1) is 12.7 Å². The van der Waals surface area contributed by atoms with Crippen molar-refractivity contribution in [2.24, 2.45) is 0 Å². The molecule has 152 valence electrons. The molecule has 3 rings (SSSR count). The van der Waals surface area contributed by atoms with Gasteiger partial charge in [0.05, 0.1) is 13.2 Å². The van der Waals surface area contributed by atoms with E-state index in [1.807, 2.05) is 19.1 Å². The normalized spacial score (nSPS) is 18.2. The van der Waals surface area contributed by atoms with Crippen LogP contribution in [-0.2, 0) is 16.0 Å². The first-order valence-corrected chi connectivity index (χ1v) is 9.65. The molecule has 1 aliphatic heterocycles. The zero-order chi connectivity index (χ0) is 20.5. The number of nitrogens with zero attached hydrogens (tertiary/aromatic N) is 1. The monoisotopic (exact) mass is 388 g/mol. The van der Waals surface area contributed by atoms with Crippen LogP contribution in [-0.4, -0.2) is 30.2 Å². The maximum Gasteiger partial charge on any atom is 0.253 e. The molecule has 0 saturated carbocycles. The summed E-state index contributed by atoms with van der Waals surface area (Å²) in [6, 6.07) is 8.52. The molecule has 6 heteroatoms. The smallest absolute Gasteiger partial charge is 0.253 e. The Balaban J connectivity index is 0.000000237. The summed E-state index contributed by atoms with van der Waals surface area (Å²) >= 11 is 0. The van der Waals surface area contributed by atoms with Crippen LogP contribution in [0.25, 0.3) is 0 Å². The summed E-state index contributed by atoms with van der Waals surface area (Å²) in [5.41, 5.74) is 2.38. The van der Waals surface area contributed by atoms with Gasteiger partial charge in [0.15, 0.2) is 0 Å². The number of rotatable bonds is 5. The van der Waals surface area contributed by atoms with E-state index in [2.05, 4.69) is 17.2 Å². The molecule has 1 fully saturated rings. The molecule has 2 atom stereocenters. The first kappa shape index (κ1) is 21.8. The van der Waals surface area contributed by atoms with Gasteiger partial charge in [-0.05, 0) is 57.4 Å². The highest BCUT2D eigenvalue weighted by Gasteiger charge is 2.28. The van der Waals surface area contributed by atoms with E-state index in [0.717, 1.165) is 37.1 Å². The molecule has 1 amide bonds. The quantitative estimate of drug-likeness (QED) is 0.808. The fourth-order valence-corrected chi connectivity index (χ4v) is 2.98. The molecule has 0 bridgehead atoms. The van der Waals surface area contributed by atoms with Crippen molar-refractivity contribution >= 4 is 11.6 Å². The van der Waals surface area contributed by atoms with Crippen molar-refractivity contribution in [1.29, 1.82) is 0 Å². The van der Waals surface area contributed by atoms with Crippen LogP contribution in [0.1, 0.15) is 44.4 Å². The van der Waals surface area contributed by atoms with Crippen LogP contribution in [0.2, 0.25) is 0 Å². The summed E-state index contributed by atoms with van der Waals surface area (Å²) in [5.74, 6) is 0.326. The van der Waals surface area contributed by atoms with E-state index in [4.69, 9.17) is 9.47 Å². The minimum absolute atomic E-state index is 0.0481. The lowest BCUT2D eigenvalue weighted by Crippen LogP contribution is -2.27. The maximum absolute atomic E-state index is 12.7. The second-order valence-electron chi connectivity index (χ2n) is 6.85.